The van der Waals surface area contributed by atoms with Gasteiger partial charge in [-0.25, -0.2) is 8.42 Å². The van der Waals surface area contributed by atoms with Gasteiger partial charge in [0.1, 0.15) is 0 Å². The molecule has 0 atom stereocenters. The predicted molar refractivity (Wildman–Crippen MR) is 118 cm³/mol. The minimum Gasteiger partial charge on any atom is -0.308 e. The van der Waals surface area contributed by atoms with Gasteiger partial charge >= 0.3 is 0 Å². The van der Waals surface area contributed by atoms with Crippen molar-refractivity contribution in [1.29, 1.82) is 0 Å². The van der Waals surface area contributed by atoms with Crippen molar-refractivity contribution < 1.29 is 13.2 Å². The van der Waals surface area contributed by atoms with Gasteiger partial charge in [0.2, 0.25) is 0 Å². The lowest BCUT2D eigenvalue weighted by atomic mass is 10.0. The lowest BCUT2D eigenvalue weighted by Gasteiger charge is -2.29. The first-order chi connectivity index (χ1) is 13.9. The van der Waals surface area contributed by atoms with Gasteiger partial charge in [-0.05, 0) is 60.9 Å². The Bertz CT molecular complexity index is 1180. The number of rotatable bonds is 4. The number of hydrogen-bond donors (Lipinski definition) is 1. The van der Waals surface area contributed by atoms with Gasteiger partial charge in [0.15, 0.2) is 0 Å². The minimum atomic E-state index is -3.82. The Hall–Kier alpha value is -2.64. The Balaban J connectivity index is 1.63. The number of anilines is 2. The second-order valence-electron chi connectivity index (χ2n) is 6.83. The topological polar surface area (TPSA) is 66.5 Å². The summed E-state index contributed by atoms with van der Waals surface area (Å²) in [5.74, 6) is -0.198. The van der Waals surface area contributed by atoms with Gasteiger partial charge in [-0.3, -0.25) is 9.52 Å². The summed E-state index contributed by atoms with van der Waals surface area (Å²) in [5.41, 5.74) is 2.82. The van der Waals surface area contributed by atoms with Crippen molar-refractivity contribution in [2.24, 2.45) is 0 Å². The van der Waals surface area contributed by atoms with Crippen molar-refractivity contribution in [2.75, 3.05) is 16.2 Å². The number of sulfonamides is 1. The van der Waals surface area contributed by atoms with Gasteiger partial charge in [-0.2, -0.15) is 0 Å². The van der Waals surface area contributed by atoms with Crippen LogP contribution >= 0.6 is 15.9 Å². The van der Waals surface area contributed by atoms with Gasteiger partial charge in [0.25, 0.3) is 15.9 Å². The van der Waals surface area contributed by atoms with E-state index in [9.17, 15) is 13.2 Å². The zero-order valence-electron chi connectivity index (χ0n) is 15.5. The van der Waals surface area contributed by atoms with Crippen molar-refractivity contribution in [3.63, 3.8) is 0 Å². The lowest BCUT2D eigenvalue weighted by Crippen LogP contribution is -2.35. The molecular formula is C22H19BrN2O3S. The van der Waals surface area contributed by atoms with Crippen molar-refractivity contribution in [3.05, 3.63) is 88.4 Å². The molecule has 0 saturated carbocycles. The summed E-state index contributed by atoms with van der Waals surface area (Å²) < 4.78 is 28.9. The van der Waals surface area contributed by atoms with Crippen LogP contribution in [0.4, 0.5) is 11.4 Å². The molecule has 0 unspecified atom stereocenters. The average Bonchev–Trinajstić information content (AvgIpc) is 2.72. The van der Waals surface area contributed by atoms with Crippen LogP contribution in [0.2, 0.25) is 0 Å². The molecule has 0 bridgehead atoms. The maximum Gasteiger partial charge on any atom is 0.261 e. The first-order valence-electron chi connectivity index (χ1n) is 9.22. The van der Waals surface area contributed by atoms with E-state index in [2.05, 4.69) is 20.7 Å². The van der Waals surface area contributed by atoms with E-state index in [0.29, 0.717) is 17.8 Å². The number of amides is 1. The zero-order chi connectivity index (χ0) is 20.4. The molecule has 148 valence electrons. The quantitative estimate of drug-likeness (QED) is 0.592. The highest BCUT2D eigenvalue weighted by molar-refractivity contribution is 9.10. The molecule has 4 rings (SSSR count). The number of carbonyl (C=O) groups excluding carboxylic acids is 1. The lowest BCUT2D eigenvalue weighted by molar-refractivity contribution is 0.0985. The predicted octanol–water partition coefficient (Wildman–Crippen LogP) is 4.84. The van der Waals surface area contributed by atoms with Crippen LogP contribution in [-0.2, 0) is 16.4 Å². The maximum atomic E-state index is 13.1. The van der Waals surface area contributed by atoms with Crippen LogP contribution in [0.3, 0.4) is 0 Å². The van der Waals surface area contributed by atoms with Gasteiger partial charge < -0.3 is 4.90 Å². The molecule has 1 amide bonds. The Morgan fingerprint density at radius 1 is 0.966 bits per heavy atom. The molecule has 3 aromatic carbocycles. The number of aryl methyl sites for hydroxylation is 1. The summed E-state index contributed by atoms with van der Waals surface area (Å²) >= 11 is 3.33. The van der Waals surface area contributed by atoms with Crippen LogP contribution in [0.25, 0.3) is 0 Å². The zero-order valence-corrected chi connectivity index (χ0v) is 17.9. The monoisotopic (exact) mass is 470 g/mol. The van der Waals surface area contributed by atoms with E-state index in [-0.39, 0.29) is 10.8 Å². The number of nitrogens with zero attached hydrogens (tertiary/aromatic N) is 1. The fourth-order valence-electron chi connectivity index (χ4n) is 3.46. The molecule has 1 aliphatic heterocycles. The second kappa shape index (κ2) is 8.00. The third kappa shape index (κ3) is 4.21. The number of carbonyl (C=O) groups is 1. The fourth-order valence-corrected chi connectivity index (χ4v) is 4.96. The van der Waals surface area contributed by atoms with Crippen molar-refractivity contribution >= 4 is 43.2 Å². The van der Waals surface area contributed by atoms with E-state index in [1.165, 1.54) is 12.1 Å². The van der Waals surface area contributed by atoms with Gasteiger partial charge in [-0.15, -0.1) is 0 Å². The summed E-state index contributed by atoms with van der Waals surface area (Å²) in [6.45, 7) is 0.614. The number of fused-ring (bicyclic) bond motifs is 1. The highest BCUT2D eigenvalue weighted by Crippen LogP contribution is 2.28. The summed E-state index contributed by atoms with van der Waals surface area (Å²) in [6.07, 6.45) is 1.82. The molecule has 1 aliphatic rings. The van der Waals surface area contributed by atoms with Crippen LogP contribution in [0, 0.1) is 0 Å². The molecule has 1 heterocycles. The smallest absolute Gasteiger partial charge is 0.261 e. The third-order valence-corrected chi connectivity index (χ3v) is 6.70. The molecule has 7 heteroatoms. The number of nitrogens with one attached hydrogen (secondary N) is 1. The SMILES string of the molecule is O=C(c1cccc(S(=O)(=O)Nc2cccc(Br)c2)c1)N1CCCc2ccccc21. The van der Waals surface area contributed by atoms with E-state index in [1.807, 2.05) is 30.3 Å². The Morgan fingerprint density at radius 3 is 2.59 bits per heavy atom. The molecular weight excluding hydrogens is 452 g/mol. The molecule has 0 radical (unpaired) electrons. The van der Waals surface area contributed by atoms with Crippen LogP contribution in [0.5, 0.6) is 0 Å². The fraction of sp³-hybridized carbons (Fsp3) is 0.136. The first kappa shape index (κ1) is 19.7. The molecule has 1 N–H and O–H groups in total. The Morgan fingerprint density at radius 2 is 1.76 bits per heavy atom. The third-order valence-electron chi connectivity index (χ3n) is 4.82. The van der Waals surface area contributed by atoms with Gasteiger partial charge in [-0.1, -0.05) is 46.3 Å². The highest BCUT2D eigenvalue weighted by Gasteiger charge is 2.24. The number of para-hydroxylation sites is 1. The van der Waals surface area contributed by atoms with Crippen LogP contribution in [0.1, 0.15) is 22.3 Å². The average molecular weight is 471 g/mol. The second-order valence-corrected chi connectivity index (χ2v) is 9.43. The van der Waals surface area contributed by atoms with Crippen molar-refractivity contribution in [3.8, 4) is 0 Å². The largest absolute Gasteiger partial charge is 0.308 e. The van der Waals surface area contributed by atoms with E-state index in [1.54, 1.807) is 35.2 Å². The first-order valence-corrected chi connectivity index (χ1v) is 11.5. The number of halogens is 1. The van der Waals surface area contributed by atoms with E-state index in [4.69, 9.17) is 0 Å². The molecule has 0 spiro atoms. The molecule has 0 fully saturated rings. The summed E-state index contributed by atoms with van der Waals surface area (Å²) in [7, 11) is -3.82. The van der Waals surface area contributed by atoms with Crippen LogP contribution in [-0.4, -0.2) is 20.9 Å². The molecule has 0 saturated heterocycles. The van der Waals surface area contributed by atoms with Crippen molar-refractivity contribution in [2.45, 2.75) is 17.7 Å². The van der Waals surface area contributed by atoms with Gasteiger partial charge in [0, 0.05) is 28.0 Å². The standard InChI is InChI=1S/C22H19BrN2O3S/c23-18-9-4-10-19(15-18)24-29(27,28)20-11-3-7-17(14-20)22(26)25-13-5-8-16-6-1-2-12-21(16)25/h1-4,6-7,9-12,14-15,24H,5,8,13H2. The van der Waals surface area contributed by atoms with E-state index < -0.39 is 10.0 Å². The normalized spacial score (nSPS) is 13.6. The van der Waals surface area contributed by atoms with E-state index in [0.717, 1.165) is 28.6 Å². The summed E-state index contributed by atoms with van der Waals surface area (Å²) in [4.78, 5) is 14.9. The Kier molecular flexibility index (Phi) is 5.43. The molecule has 0 aromatic heterocycles. The maximum absolute atomic E-state index is 13.1. The molecule has 3 aromatic rings. The molecule has 0 aliphatic carbocycles. The van der Waals surface area contributed by atoms with Crippen LogP contribution in [0.15, 0.2) is 82.2 Å². The van der Waals surface area contributed by atoms with Crippen molar-refractivity contribution in [1.82, 2.24) is 0 Å². The van der Waals surface area contributed by atoms with Crippen LogP contribution < -0.4 is 9.62 Å². The minimum absolute atomic E-state index is 0.0496. The summed E-state index contributed by atoms with van der Waals surface area (Å²) in [5, 5.41) is 0. The highest BCUT2D eigenvalue weighted by atomic mass is 79.9. The molecule has 5 nitrogen and oxygen atoms in total. The summed E-state index contributed by atoms with van der Waals surface area (Å²) in [6, 6.07) is 20.9. The Labute approximate surface area is 178 Å². The van der Waals surface area contributed by atoms with Gasteiger partial charge in [0.05, 0.1) is 4.90 Å². The number of benzene rings is 3. The molecule has 29 heavy (non-hydrogen) atoms. The van der Waals surface area contributed by atoms with E-state index >= 15 is 0 Å². The number of hydrogen-bond acceptors (Lipinski definition) is 3.